The Morgan fingerprint density at radius 2 is 1.71 bits per heavy atom. The molecule has 0 unspecified atom stereocenters. The number of hydrogen-bond acceptors (Lipinski definition) is 4. The molecule has 8 nitrogen and oxygen atoms in total. The van der Waals surface area contributed by atoms with Crippen LogP contribution in [0.4, 0.5) is 13.2 Å². The zero-order valence-electron chi connectivity index (χ0n) is 10.9. The molecule has 1 saturated heterocycles. The van der Waals surface area contributed by atoms with Gasteiger partial charge in [0.25, 0.3) is 0 Å². The summed E-state index contributed by atoms with van der Waals surface area (Å²) >= 11 is 0. The summed E-state index contributed by atoms with van der Waals surface area (Å²) < 4.78 is 31.7. The van der Waals surface area contributed by atoms with Gasteiger partial charge in [-0.2, -0.15) is 13.2 Å². The van der Waals surface area contributed by atoms with Crippen molar-refractivity contribution >= 4 is 23.7 Å². The number of primary amides is 1. The van der Waals surface area contributed by atoms with Gasteiger partial charge in [0.2, 0.25) is 17.7 Å². The third-order valence-electron chi connectivity index (χ3n) is 2.31. The van der Waals surface area contributed by atoms with Crippen LogP contribution in [0.15, 0.2) is 0 Å². The average molecular weight is 313 g/mol. The van der Waals surface area contributed by atoms with Crippen LogP contribution in [0.25, 0.3) is 0 Å². The predicted molar refractivity (Wildman–Crippen MR) is 61.7 cm³/mol. The summed E-state index contributed by atoms with van der Waals surface area (Å²) in [5.41, 5.74) is 4.93. The van der Waals surface area contributed by atoms with Crippen LogP contribution in [0.1, 0.15) is 19.8 Å². The standard InChI is InChI=1S/C8H13N3O3.C2HF3O2/c1-4-7(13)11-5(8(14)10-4)2-3-6(9)12;3-2(4,5)1(6)7/h4-5H,2-3H2,1H3,(H2,9,12)(H,10,14)(H,11,13);(H,6,7)/t4-,5-;/m0./s1. The molecule has 1 rings (SSSR count). The maximum absolute atomic E-state index is 11.3. The minimum Gasteiger partial charge on any atom is -0.475 e. The quantitative estimate of drug-likeness (QED) is 0.523. The number of halogens is 3. The van der Waals surface area contributed by atoms with Gasteiger partial charge in [0.05, 0.1) is 0 Å². The molecule has 0 aromatic heterocycles. The molecule has 5 N–H and O–H groups in total. The van der Waals surface area contributed by atoms with Gasteiger partial charge in [0.1, 0.15) is 12.1 Å². The van der Waals surface area contributed by atoms with Gasteiger partial charge in [-0.1, -0.05) is 0 Å². The summed E-state index contributed by atoms with van der Waals surface area (Å²) in [6.07, 6.45) is -4.74. The molecule has 0 bridgehead atoms. The number of nitrogens with one attached hydrogen (secondary N) is 2. The number of carbonyl (C=O) groups is 4. The highest BCUT2D eigenvalue weighted by Crippen LogP contribution is 2.13. The maximum atomic E-state index is 11.3. The van der Waals surface area contributed by atoms with Crippen molar-refractivity contribution in [1.29, 1.82) is 0 Å². The van der Waals surface area contributed by atoms with Crippen molar-refractivity contribution in [2.75, 3.05) is 0 Å². The first-order valence-electron chi connectivity index (χ1n) is 5.64. The van der Waals surface area contributed by atoms with E-state index < -0.39 is 30.1 Å². The topological polar surface area (TPSA) is 139 Å². The molecule has 11 heteroatoms. The van der Waals surface area contributed by atoms with Gasteiger partial charge in [0, 0.05) is 6.42 Å². The van der Waals surface area contributed by atoms with Crippen LogP contribution in [-0.4, -0.2) is 47.1 Å². The zero-order valence-corrected chi connectivity index (χ0v) is 10.9. The second-order valence-electron chi connectivity index (χ2n) is 4.10. The monoisotopic (exact) mass is 313 g/mol. The highest BCUT2D eigenvalue weighted by Gasteiger charge is 2.38. The smallest absolute Gasteiger partial charge is 0.475 e. The van der Waals surface area contributed by atoms with Gasteiger partial charge in [-0.25, -0.2) is 4.79 Å². The number of carboxylic acid groups (broad SMARTS) is 1. The molecule has 2 atom stereocenters. The lowest BCUT2D eigenvalue weighted by Crippen LogP contribution is -2.60. The number of piperazine rings is 1. The molecule has 0 aliphatic carbocycles. The number of alkyl halides is 3. The number of carboxylic acids is 1. The molecule has 1 aliphatic heterocycles. The molecule has 1 aliphatic rings. The zero-order chi connectivity index (χ0) is 16.8. The van der Waals surface area contributed by atoms with Crippen molar-refractivity contribution in [2.45, 2.75) is 38.0 Å². The molecule has 120 valence electrons. The summed E-state index contributed by atoms with van der Waals surface area (Å²) in [5, 5.41) is 12.1. The molecule has 0 aromatic rings. The summed E-state index contributed by atoms with van der Waals surface area (Å²) in [7, 11) is 0. The van der Waals surface area contributed by atoms with E-state index in [1.807, 2.05) is 0 Å². The fourth-order valence-electron chi connectivity index (χ4n) is 1.23. The Morgan fingerprint density at radius 3 is 2.10 bits per heavy atom. The molecule has 0 spiro atoms. The number of rotatable bonds is 3. The van der Waals surface area contributed by atoms with Gasteiger partial charge in [-0.3, -0.25) is 14.4 Å². The Kier molecular flexibility index (Phi) is 6.62. The molecule has 3 amide bonds. The maximum Gasteiger partial charge on any atom is 0.490 e. The van der Waals surface area contributed by atoms with Crippen molar-refractivity contribution < 1.29 is 37.5 Å². The third-order valence-corrected chi connectivity index (χ3v) is 2.31. The van der Waals surface area contributed by atoms with E-state index in [4.69, 9.17) is 15.6 Å². The normalized spacial score (nSPS) is 21.5. The second kappa shape index (κ2) is 7.45. The Balaban J connectivity index is 0.000000486. The Bertz CT molecular complexity index is 438. The van der Waals surface area contributed by atoms with E-state index in [-0.39, 0.29) is 24.7 Å². The van der Waals surface area contributed by atoms with E-state index in [1.54, 1.807) is 6.92 Å². The summed E-state index contributed by atoms with van der Waals surface area (Å²) in [4.78, 5) is 41.8. The predicted octanol–water partition coefficient (Wildman–Crippen LogP) is -1.11. The lowest BCUT2D eigenvalue weighted by Gasteiger charge is -2.27. The molecular formula is C10H14F3N3O5. The van der Waals surface area contributed by atoms with E-state index in [0.29, 0.717) is 0 Å². The van der Waals surface area contributed by atoms with Gasteiger partial charge in [-0.05, 0) is 13.3 Å². The second-order valence-corrected chi connectivity index (χ2v) is 4.10. The van der Waals surface area contributed by atoms with Gasteiger partial charge in [-0.15, -0.1) is 0 Å². The van der Waals surface area contributed by atoms with E-state index in [2.05, 4.69) is 10.6 Å². The minimum absolute atomic E-state index is 0.0900. The highest BCUT2D eigenvalue weighted by molar-refractivity contribution is 5.96. The first-order chi connectivity index (χ1) is 9.45. The number of aliphatic carboxylic acids is 1. The van der Waals surface area contributed by atoms with Crippen molar-refractivity contribution in [3.05, 3.63) is 0 Å². The molecule has 0 saturated carbocycles. The lowest BCUT2D eigenvalue weighted by molar-refractivity contribution is -0.192. The van der Waals surface area contributed by atoms with Crippen LogP contribution < -0.4 is 16.4 Å². The molecule has 0 radical (unpaired) electrons. The fraction of sp³-hybridized carbons (Fsp3) is 0.600. The molecule has 1 fully saturated rings. The third kappa shape index (κ3) is 7.13. The largest absolute Gasteiger partial charge is 0.490 e. The van der Waals surface area contributed by atoms with Crippen molar-refractivity contribution in [2.24, 2.45) is 5.73 Å². The Labute approximate surface area is 116 Å². The fourth-order valence-corrected chi connectivity index (χ4v) is 1.23. The summed E-state index contributed by atoms with van der Waals surface area (Å²) in [5.74, 6) is -3.74. The van der Waals surface area contributed by atoms with Gasteiger partial charge in [0.15, 0.2) is 0 Å². The minimum atomic E-state index is -5.08. The van der Waals surface area contributed by atoms with E-state index in [0.717, 1.165) is 0 Å². The van der Waals surface area contributed by atoms with Crippen LogP contribution in [-0.2, 0) is 19.2 Å². The highest BCUT2D eigenvalue weighted by atomic mass is 19.4. The van der Waals surface area contributed by atoms with E-state index >= 15 is 0 Å². The SMILES string of the molecule is C[C@@H]1NC(=O)[C@H](CCC(N)=O)NC1=O.O=C(O)C(F)(F)F. The Morgan fingerprint density at radius 1 is 1.24 bits per heavy atom. The Hall–Kier alpha value is -2.33. The molecule has 1 heterocycles. The van der Waals surface area contributed by atoms with Gasteiger partial charge >= 0.3 is 12.1 Å². The first kappa shape index (κ1) is 18.7. The number of nitrogens with two attached hydrogens (primary N) is 1. The first-order valence-corrected chi connectivity index (χ1v) is 5.64. The number of hydrogen-bond donors (Lipinski definition) is 4. The molecular weight excluding hydrogens is 299 g/mol. The number of amides is 3. The lowest BCUT2D eigenvalue weighted by atomic mass is 10.1. The van der Waals surface area contributed by atoms with E-state index in [1.165, 1.54) is 0 Å². The van der Waals surface area contributed by atoms with Gasteiger partial charge < -0.3 is 21.5 Å². The van der Waals surface area contributed by atoms with Crippen LogP contribution in [0.5, 0.6) is 0 Å². The van der Waals surface area contributed by atoms with Crippen molar-refractivity contribution in [3.8, 4) is 0 Å². The molecule has 21 heavy (non-hydrogen) atoms. The number of carbonyl (C=O) groups excluding carboxylic acids is 3. The van der Waals surface area contributed by atoms with Crippen molar-refractivity contribution in [3.63, 3.8) is 0 Å². The van der Waals surface area contributed by atoms with Crippen LogP contribution >= 0.6 is 0 Å². The van der Waals surface area contributed by atoms with Crippen molar-refractivity contribution in [1.82, 2.24) is 10.6 Å². The summed E-state index contributed by atoms with van der Waals surface area (Å²) in [6, 6.07) is -1.14. The van der Waals surface area contributed by atoms with Crippen LogP contribution in [0.2, 0.25) is 0 Å². The van der Waals surface area contributed by atoms with E-state index in [9.17, 15) is 27.6 Å². The van der Waals surface area contributed by atoms with Crippen LogP contribution in [0, 0.1) is 0 Å². The average Bonchev–Trinajstić information content (AvgIpc) is 2.31. The van der Waals surface area contributed by atoms with Crippen LogP contribution in [0.3, 0.4) is 0 Å². The summed E-state index contributed by atoms with van der Waals surface area (Å²) in [6.45, 7) is 1.59. The molecule has 0 aromatic carbocycles.